The highest BCUT2D eigenvalue weighted by Crippen LogP contribution is 2.32. The van der Waals surface area contributed by atoms with Gasteiger partial charge in [-0.3, -0.25) is 0 Å². The Morgan fingerprint density at radius 3 is 2.47 bits per heavy atom. The molecule has 1 aromatic heterocycles. The predicted octanol–water partition coefficient (Wildman–Crippen LogP) is 1.06. The minimum Gasteiger partial charge on any atom is -0.356 e. The van der Waals surface area contributed by atoms with Crippen LogP contribution in [0.2, 0.25) is 0 Å². The molecule has 2 aliphatic rings. The fourth-order valence-corrected chi connectivity index (χ4v) is 3.07. The number of anilines is 1. The summed E-state index contributed by atoms with van der Waals surface area (Å²) in [7, 11) is 2.21. The number of aromatic nitrogens is 1. The van der Waals surface area contributed by atoms with Gasteiger partial charge in [0.15, 0.2) is 0 Å². The summed E-state index contributed by atoms with van der Waals surface area (Å²) in [6.45, 7) is 4.72. The molecule has 0 aliphatic carbocycles. The number of likely N-dealkylation sites (tertiary alicyclic amines) is 1. The van der Waals surface area contributed by atoms with Gasteiger partial charge in [-0.05, 0) is 31.0 Å². The summed E-state index contributed by atoms with van der Waals surface area (Å²) in [5.41, 5.74) is 0.855. The van der Waals surface area contributed by atoms with Crippen LogP contribution in [0.3, 0.4) is 0 Å². The van der Waals surface area contributed by atoms with Crippen molar-refractivity contribution >= 4 is 5.82 Å². The lowest BCUT2D eigenvalue weighted by atomic mass is 10.0. The van der Waals surface area contributed by atoms with E-state index < -0.39 is 0 Å². The van der Waals surface area contributed by atoms with Crippen LogP contribution in [0, 0.1) is 24.2 Å². The molecule has 0 aromatic carbocycles. The molecule has 17 heavy (non-hydrogen) atoms. The molecular formula is C14H17N3. The van der Waals surface area contributed by atoms with E-state index in [4.69, 9.17) is 6.42 Å². The van der Waals surface area contributed by atoms with E-state index in [1.807, 2.05) is 12.1 Å². The van der Waals surface area contributed by atoms with Gasteiger partial charge in [-0.1, -0.05) is 5.92 Å². The predicted molar refractivity (Wildman–Crippen MR) is 68.9 cm³/mol. The fourth-order valence-electron chi connectivity index (χ4n) is 3.07. The summed E-state index contributed by atoms with van der Waals surface area (Å²) < 4.78 is 0. The maximum absolute atomic E-state index is 5.33. The molecule has 88 valence electrons. The topological polar surface area (TPSA) is 19.4 Å². The van der Waals surface area contributed by atoms with Crippen molar-refractivity contribution in [3.8, 4) is 12.3 Å². The van der Waals surface area contributed by atoms with Crippen molar-refractivity contribution in [2.75, 3.05) is 38.1 Å². The molecule has 0 amide bonds. The second-order valence-corrected chi connectivity index (χ2v) is 5.20. The van der Waals surface area contributed by atoms with Crippen LogP contribution < -0.4 is 4.90 Å². The molecule has 2 atom stereocenters. The zero-order chi connectivity index (χ0) is 11.8. The number of pyridine rings is 1. The lowest BCUT2D eigenvalue weighted by molar-refractivity contribution is 0.387. The van der Waals surface area contributed by atoms with Crippen LogP contribution in [0.25, 0.3) is 0 Å². The molecule has 3 heteroatoms. The van der Waals surface area contributed by atoms with Crippen molar-refractivity contribution in [1.29, 1.82) is 0 Å². The van der Waals surface area contributed by atoms with E-state index in [0.717, 1.165) is 36.3 Å². The summed E-state index contributed by atoms with van der Waals surface area (Å²) in [4.78, 5) is 9.27. The zero-order valence-corrected chi connectivity index (χ0v) is 10.1. The SMILES string of the molecule is C#Cc1ccc(N2C[C@H]3CN(C)C[C@H]3C2)nc1. The molecule has 3 nitrogen and oxygen atoms in total. The summed E-state index contributed by atoms with van der Waals surface area (Å²) >= 11 is 0. The lowest BCUT2D eigenvalue weighted by Crippen LogP contribution is -2.27. The fraction of sp³-hybridized carbons (Fsp3) is 0.500. The Morgan fingerprint density at radius 1 is 1.24 bits per heavy atom. The van der Waals surface area contributed by atoms with E-state index in [1.165, 1.54) is 13.1 Å². The summed E-state index contributed by atoms with van der Waals surface area (Å²) in [5, 5.41) is 0. The first-order valence-corrected chi connectivity index (χ1v) is 6.12. The van der Waals surface area contributed by atoms with E-state index in [9.17, 15) is 0 Å². The zero-order valence-electron chi connectivity index (χ0n) is 10.1. The highest BCUT2D eigenvalue weighted by Gasteiger charge is 2.38. The number of nitrogens with zero attached hydrogens (tertiary/aromatic N) is 3. The Morgan fingerprint density at radius 2 is 1.94 bits per heavy atom. The molecule has 3 rings (SSSR count). The Bertz CT molecular complexity index is 432. The molecule has 0 radical (unpaired) electrons. The first-order chi connectivity index (χ1) is 8.26. The van der Waals surface area contributed by atoms with Crippen molar-refractivity contribution in [1.82, 2.24) is 9.88 Å². The van der Waals surface area contributed by atoms with Gasteiger partial charge in [-0.2, -0.15) is 0 Å². The van der Waals surface area contributed by atoms with Gasteiger partial charge in [0.25, 0.3) is 0 Å². The van der Waals surface area contributed by atoms with Crippen LogP contribution in [0.15, 0.2) is 18.3 Å². The van der Waals surface area contributed by atoms with Gasteiger partial charge < -0.3 is 9.80 Å². The number of rotatable bonds is 1. The van der Waals surface area contributed by atoms with Crippen LogP contribution >= 0.6 is 0 Å². The molecule has 0 saturated carbocycles. The normalized spacial score (nSPS) is 28.1. The quantitative estimate of drug-likeness (QED) is 0.669. The summed E-state index contributed by atoms with van der Waals surface area (Å²) in [6.07, 6.45) is 7.12. The smallest absolute Gasteiger partial charge is 0.128 e. The maximum Gasteiger partial charge on any atom is 0.128 e. The molecule has 2 saturated heterocycles. The van der Waals surface area contributed by atoms with E-state index in [2.05, 4.69) is 27.8 Å². The first kappa shape index (κ1) is 10.6. The van der Waals surface area contributed by atoms with Crippen molar-refractivity contribution in [3.05, 3.63) is 23.9 Å². The first-order valence-electron chi connectivity index (χ1n) is 6.12. The Kier molecular flexibility index (Phi) is 2.53. The number of fused-ring (bicyclic) bond motifs is 1. The molecule has 0 bridgehead atoms. The van der Waals surface area contributed by atoms with Gasteiger partial charge in [0, 0.05) is 37.9 Å². The number of hydrogen-bond donors (Lipinski definition) is 0. The highest BCUT2D eigenvalue weighted by atomic mass is 15.3. The summed E-state index contributed by atoms with van der Waals surface area (Å²) in [5.74, 6) is 5.30. The lowest BCUT2D eigenvalue weighted by Gasteiger charge is -2.20. The van der Waals surface area contributed by atoms with Crippen LogP contribution in [0.4, 0.5) is 5.82 Å². The molecule has 0 spiro atoms. The van der Waals surface area contributed by atoms with Gasteiger partial charge in [0.2, 0.25) is 0 Å². The maximum atomic E-state index is 5.33. The van der Waals surface area contributed by atoms with Gasteiger partial charge in [0.05, 0.1) is 0 Å². The van der Waals surface area contributed by atoms with E-state index in [0.29, 0.717) is 0 Å². The van der Waals surface area contributed by atoms with Crippen molar-refractivity contribution in [2.24, 2.45) is 11.8 Å². The third kappa shape index (κ3) is 1.89. The van der Waals surface area contributed by atoms with E-state index >= 15 is 0 Å². The second kappa shape index (κ2) is 4.05. The third-order valence-corrected chi connectivity index (χ3v) is 3.91. The largest absolute Gasteiger partial charge is 0.356 e. The van der Waals surface area contributed by atoms with Crippen LogP contribution in [0.5, 0.6) is 0 Å². The summed E-state index contributed by atoms with van der Waals surface area (Å²) in [6, 6.07) is 4.02. The van der Waals surface area contributed by atoms with Crippen molar-refractivity contribution in [2.45, 2.75) is 0 Å². The Labute approximate surface area is 102 Å². The van der Waals surface area contributed by atoms with Crippen LogP contribution in [-0.4, -0.2) is 43.1 Å². The molecule has 0 unspecified atom stereocenters. The van der Waals surface area contributed by atoms with Crippen LogP contribution in [-0.2, 0) is 0 Å². The highest BCUT2D eigenvalue weighted by molar-refractivity contribution is 5.44. The standard InChI is InChI=1S/C14H17N3/c1-3-11-4-5-14(15-6-11)17-9-12-7-16(2)8-13(12)10-17/h1,4-6,12-13H,7-10H2,2H3/t12-,13+. The van der Waals surface area contributed by atoms with Crippen LogP contribution in [0.1, 0.15) is 5.56 Å². The third-order valence-electron chi connectivity index (χ3n) is 3.91. The minimum absolute atomic E-state index is 0.814. The Hall–Kier alpha value is -1.53. The second-order valence-electron chi connectivity index (χ2n) is 5.20. The average molecular weight is 227 g/mol. The van der Waals surface area contributed by atoms with Crippen molar-refractivity contribution in [3.63, 3.8) is 0 Å². The van der Waals surface area contributed by atoms with E-state index in [1.54, 1.807) is 6.20 Å². The minimum atomic E-state index is 0.814. The molecular weight excluding hydrogens is 210 g/mol. The van der Waals surface area contributed by atoms with Gasteiger partial charge in [-0.25, -0.2) is 4.98 Å². The van der Waals surface area contributed by atoms with Gasteiger partial charge in [-0.15, -0.1) is 6.42 Å². The Balaban J connectivity index is 1.73. The molecule has 1 aromatic rings. The molecule has 0 N–H and O–H groups in total. The molecule has 2 aliphatic heterocycles. The monoisotopic (exact) mass is 227 g/mol. The molecule has 3 heterocycles. The van der Waals surface area contributed by atoms with Gasteiger partial charge >= 0.3 is 0 Å². The average Bonchev–Trinajstić information content (AvgIpc) is 2.86. The van der Waals surface area contributed by atoms with Crippen molar-refractivity contribution < 1.29 is 0 Å². The van der Waals surface area contributed by atoms with Gasteiger partial charge in [0.1, 0.15) is 5.82 Å². The number of terminal acetylenes is 1. The number of hydrogen-bond acceptors (Lipinski definition) is 3. The molecule has 2 fully saturated rings. The van der Waals surface area contributed by atoms with E-state index in [-0.39, 0.29) is 0 Å².